The Bertz CT molecular complexity index is 243. The largest absolute Gasteiger partial charge is 0.466 e. The van der Waals surface area contributed by atoms with Gasteiger partial charge in [0.25, 0.3) is 0 Å². The molecule has 0 saturated carbocycles. The molecule has 0 N–H and O–H groups in total. The van der Waals surface area contributed by atoms with Crippen molar-refractivity contribution in [3.63, 3.8) is 0 Å². The van der Waals surface area contributed by atoms with Gasteiger partial charge >= 0.3 is 5.97 Å². The molecule has 0 spiro atoms. The molecule has 1 fully saturated rings. The van der Waals surface area contributed by atoms with Crippen LogP contribution >= 0.6 is 0 Å². The number of esters is 1. The molecule has 1 aliphatic rings. The molecule has 3 nitrogen and oxygen atoms in total. The molecule has 0 radical (unpaired) electrons. The second-order valence-corrected chi connectivity index (χ2v) is 5.60. The summed E-state index contributed by atoms with van der Waals surface area (Å²) in [5.74, 6) is 0.589. The summed E-state index contributed by atoms with van der Waals surface area (Å²) in [6.45, 7) is 9.17. The van der Waals surface area contributed by atoms with Crippen LogP contribution in [0.3, 0.4) is 0 Å². The van der Waals surface area contributed by atoms with Gasteiger partial charge in [0, 0.05) is 6.04 Å². The first-order valence-electron chi connectivity index (χ1n) is 8.12. The Morgan fingerprint density at radius 2 is 1.63 bits per heavy atom. The van der Waals surface area contributed by atoms with Crippen molar-refractivity contribution in [2.24, 2.45) is 5.92 Å². The lowest BCUT2D eigenvalue weighted by molar-refractivity contribution is -0.145. The maximum atomic E-state index is 11.9. The molecule has 1 atom stereocenters. The van der Waals surface area contributed by atoms with Gasteiger partial charge in [0.2, 0.25) is 0 Å². The topological polar surface area (TPSA) is 29.5 Å². The fourth-order valence-electron chi connectivity index (χ4n) is 3.24. The van der Waals surface area contributed by atoms with Gasteiger partial charge in [-0.05, 0) is 38.8 Å². The van der Waals surface area contributed by atoms with Gasteiger partial charge in [-0.3, -0.25) is 9.69 Å². The van der Waals surface area contributed by atoms with Crippen LogP contribution in [0.2, 0.25) is 0 Å². The van der Waals surface area contributed by atoms with Gasteiger partial charge in [-0.15, -0.1) is 0 Å². The van der Waals surface area contributed by atoms with E-state index < -0.39 is 0 Å². The lowest BCUT2D eigenvalue weighted by Crippen LogP contribution is -2.42. The molecule has 1 saturated heterocycles. The number of rotatable bonds is 7. The molecule has 0 aromatic heterocycles. The average Bonchev–Trinajstić information content (AvgIpc) is 2.68. The second kappa shape index (κ2) is 9.35. The smallest absolute Gasteiger partial charge is 0.307 e. The van der Waals surface area contributed by atoms with Crippen molar-refractivity contribution in [1.29, 1.82) is 0 Å². The zero-order valence-corrected chi connectivity index (χ0v) is 13.0. The molecule has 19 heavy (non-hydrogen) atoms. The maximum absolute atomic E-state index is 11.9. The molecule has 0 aromatic rings. The zero-order valence-electron chi connectivity index (χ0n) is 13.0. The number of ether oxygens (including phenoxy) is 1. The standard InChI is InChI=1S/C16H31NO2/c1-4-14(5-2)15(13-16(18)19-6-3)17-11-9-7-8-10-12-17/h14-15H,4-13H2,1-3H3. The third kappa shape index (κ3) is 5.52. The summed E-state index contributed by atoms with van der Waals surface area (Å²) in [4.78, 5) is 14.4. The van der Waals surface area contributed by atoms with Crippen LogP contribution in [-0.2, 0) is 9.53 Å². The molecule has 1 unspecified atom stereocenters. The zero-order chi connectivity index (χ0) is 14.1. The first kappa shape index (κ1) is 16.5. The summed E-state index contributed by atoms with van der Waals surface area (Å²) < 4.78 is 5.17. The Morgan fingerprint density at radius 3 is 2.11 bits per heavy atom. The van der Waals surface area contributed by atoms with E-state index in [2.05, 4.69) is 18.7 Å². The third-order valence-electron chi connectivity index (χ3n) is 4.38. The van der Waals surface area contributed by atoms with Gasteiger partial charge < -0.3 is 4.74 Å². The number of likely N-dealkylation sites (tertiary alicyclic amines) is 1. The number of carbonyl (C=O) groups excluding carboxylic acids is 1. The van der Waals surface area contributed by atoms with E-state index >= 15 is 0 Å². The van der Waals surface area contributed by atoms with Crippen molar-refractivity contribution in [3.8, 4) is 0 Å². The Labute approximate surface area is 118 Å². The first-order chi connectivity index (χ1) is 9.22. The number of carbonyl (C=O) groups is 1. The average molecular weight is 269 g/mol. The van der Waals surface area contributed by atoms with Crippen molar-refractivity contribution in [2.45, 2.75) is 71.8 Å². The van der Waals surface area contributed by atoms with E-state index in [0.29, 0.717) is 25.0 Å². The summed E-state index contributed by atoms with van der Waals surface area (Å²) >= 11 is 0. The monoisotopic (exact) mass is 269 g/mol. The minimum Gasteiger partial charge on any atom is -0.466 e. The Morgan fingerprint density at radius 1 is 1.05 bits per heavy atom. The summed E-state index contributed by atoms with van der Waals surface area (Å²) in [5.41, 5.74) is 0. The summed E-state index contributed by atoms with van der Waals surface area (Å²) in [6.07, 6.45) is 8.10. The van der Waals surface area contributed by atoms with Crippen molar-refractivity contribution in [3.05, 3.63) is 0 Å². The Hall–Kier alpha value is -0.570. The highest BCUT2D eigenvalue weighted by Gasteiger charge is 2.28. The quantitative estimate of drug-likeness (QED) is 0.661. The normalized spacial score (nSPS) is 19.2. The van der Waals surface area contributed by atoms with Crippen LogP contribution in [0.1, 0.15) is 65.7 Å². The van der Waals surface area contributed by atoms with Crippen LogP contribution < -0.4 is 0 Å². The molecule has 0 aliphatic carbocycles. The molecular weight excluding hydrogens is 238 g/mol. The predicted octanol–water partition coefficient (Wildman–Crippen LogP) is 3.62. The van der Waals surface area contributed by atoms with Crippen LogP contribution in [0, 0.1) is 5.92 Å². The SMILES string of the molecule is CCOC(=O)CC(C(CC)CC)N1CCCCCC1. The lowest BCUT2D eigenvalue weighted by Gasteiger charge is -2.35. The summed E-state index contributed by atoms with van der Waals surface area (Å²) in [7, 11) is 0. The van der Waals surface area contributed by atoms with Crippen molar-refractivity contribution >= 4 is 5.97 Å². The predicted molar refractivity (Wildman–Crippen MR) is 79.2 cm³/mol. The van der Waals surface area contributed by atoms with Gasteiger partial charge in [0.15, 0.2) is 0 Å². The first-order valence-corrected chi connectivity index (χ1v) is 8.12. The minimum atomic E-state index is -0.0244. The Balaban J connectivity index is 2.68. The number of nitrogens with zero attached hydrogens (tertiary/aromatic N) is 1. The van der Waals surface area contributed by atoms with Gasteiger partial charge in [-0.1, -0.05) is 39.5 Å². The maximum Gasteiger partial charge on any atom is 0.307 e. The fourth-order valence-corrected chi connectivity index (χ4v) is 3.24. The van der Waals surface area contributed by atoms with Gasteiger partial charge in [-0.25, -0.2) is 0 Å². The number of hydrogen-bond acceptors (Lipinski definition) is 3. The molecule has 0 aromatic carbocycles. The fraction of sp³-hybridized carbons (Fsp3) is 0.938. The van der Waals surface area contributed by atoms with Crippen LogP contribution in [0.15, 0.2) is 0 Å². The van der Waals surface area contributed by atoms with E-state index in [0.717, 1.165) is 25.9 Å². The van der Waals surface area contributed by atoms with Crippen LogP contribution in [-0.4, -0.2) is 36.6 Å². The van der Waals surface area contributed by atoms with E-state index in [1.165, 1.54) is 25.7 Å². The highest BCUT2D eigenvalue weighted by Crippen LogP contribution is 2.25. The van der Waals surface area contributed by atoms with Crippen molar-refractivity contribution < 1.29 is 9.53 Å². The summed E-state index contributed by atoms with van der Waals surface area (Å²) in [5, 5.41) is 0. The van der Waals surface area contributed by atoms with Gasteiger partial charge in [0.1, 0.15) is 0 Å². The van der Waals surface area contributed by atoms with E-state index in [9.17, 15) is 4.79 Å². The van der Waals surface area contributed by atoms with Crippen molar-refractivity contribution in [2.75, 3.05) is 19.7 Å². The molecule has 112 valence electrons. The van der Waals surface area contributed by atoms with E-state index in [1.807, 2.05) is 6.92 Å². The van der Waals surface area contributed by atoms with Crippen molar-refractivity contribution in [1.82, 2.24) is 4.90 Å². The highest BCUT2D eigenvalue weighted by molar-refractivity contribution is 5.70. The van der Waals surface area contributed by atoms with E-state index in [4.69, 9.17) is 4.74 Å². The van der Waals surface area contributed by atoms with Crippen LogP contribution in [0.5, 0.6) is 0 Å². The molecule has 1 rings (SSSR count). The molecular formula is C16H31NO2. The van der Waals surface area contributed by atoms with Gasteiger partial charge in [-0.2, -0.15) is 0 Å². The minimum absolute atomic E-state index is 0.0244. The lowest BCUT2D eigenvalue weighted by atomic mass is 9.90. The second-order valence-electron chi connectivity index (χ2n) is 5.60. The molecule has 3 heteroatoms. The van der Waals surface area contributed by atoms with E-state index in [1.54, 1.807) is 0 Å². The Kier molecular flexibility index (Phi) is 8.11. The third-order valence-corrected chi connectivity index (χ3v) is 4.38. The van der Waals surface area contributed by atoms with Crippen LogP contribution in [0.4, 0.5) is 0 Å². The molecule has 0 amide bonds. The van der Waals surface area contributed by atoms with E-state index in [-0.39, 0.29) is 5.97 Å². The molecule has 1 heterocycles. The molecule has 0 bridgehead atoms. The van der Waals surface area contributed by atoms with Crippen LogP contribution in [0.25, 0.3) is 0 Å². The highest BCUT2D eigenvalue weighted by atomic mass is 16.5. The number of hydrogen-bond donors (Lipinski definition) is 0. The molecule has 1 aliphatic heterocycles. The van der Waals surface area contributed by atoms with Gasteiger partial charge in [0.05, 0.1) is 13.0 Å². The summed E-state index contributed by atoms with van der Waals surface area (Å²) in [6, 6.07) is 0.382.